The molecule has 1 saturated carbocycles. The van der Waals surface area contributed by atoms with E-state index in [4.69, 9.17) is 0 Å². The molecule has 106 valence electrons. The Labute approximate surface area is 107 Å². The molecule has 1 fully saturated rings. The van der Waals surface area contributed by atoms with Crippen LogP contribution >= 0.6 is 0 Å². The number of hydrogen-bond acceptors (Lipinski definition) is 2. The standard InChI is InChI=1S/C13H23F2NO2/c1-3-12(18,4-2)9-16-11(17)10-6-5-7-13(14,15)8-10/h10,18H,3-9H2,1-2H3,(H,16,17). The van der Waals surface area contributed by atoms with Gasteiger partial charge in [0, 0.05) is 25.3 Å². The summed E-state index contributed by atoms with van der Waals surface area (Å²) in [6, 6.07) is 0. The van der Waals surface area contributed by atoms with E-state index in [1.807, 2.05) is 13.8 Å². The first-order valence-electron chi connectivity index (χ1n) is 6.70. The Bertz CT molecular complexity index is 291. The molecular weight excluding hydrogens is 240 g/mol. The summed E-state index contributed by atoms with van der Waals surface area (Å²) >= 11 is 0. The number of carbonyl (C=O) groups is 1. The molecule has 1 aliphatic carbocycles. The molecular formula is C13H23F2NO2. The van der Waals surface area contributed by atoms with Gasteiger partial charge in [-0.2, -0.15) is 0 Å². The molecule has 0 heterocycles. The third-order valence-electron chi connectivity index (χ3n) is 3.92. The molecule has 0 aliphatic heterocycles. The van der Waals surface area contributed by atoms with E-state index in [1.165, 1.54) is 0 Å². The molecule has 0 aromatic rings. The van der Waals surface area contributed by atoms with Crippen LogP contribution in [0.5, 0.6) is 0 Å². The number of amides is 1. The van der Waals surface area contributed by atoms with E-state index >= 15 is 0 Å². The predicted octanol–water partition coefficient (Wildman–Crippen LogP) is 2.48. The van der Waals surface area contributed by atoms with Crippen LogP contribution in [0.15, 0.2) is 0 Å². The van der Waals surface area contributed by atoms with Crippen LogP contribution in [0.25, 0.3) is 0 Å². The van der Waals surface area contributed by atoms with Crippen LogP contribution in [0.2, 0.25) is 0 Å². The van der Waals surface area contributed by atoms with E-state index in [0.717, 1.165) is 0 Å². The summed E-state index contributed by atoms with van der Waals surface area (Å²) < 4.78 is 26.4. The maximum Gasteiger partial charge on any atom is 0.248 e. The van der Waals surface area contributed by atoms with Gasteiger partial charge in [-0.3, -0.25) is 4.79 Å². The van der Waals surface area contributed by atoms with Gasteiger partial charge in [-0.1, -0.05) is 13.8 Å². The fourth-order valence-electron chi connectivity index (χ4n) is 2.29. The van der Waals surface area contributed by atoms with Gasteiger partial charge in [-0.05, 0) is 25.7 Å². The summed E-state index contributed by atoms with van der Waals surface area (Å²) in [6.07, 6.45) is 1.48. The largest absolute Gasteiger partial charge is 0.388 e. The van der Waals surface area contributed by atoms with Gasteiger partial charge in [0.2, 0.25) is 11.8 Å². The van der Waals surface area contributed by atoms with Gasteiger partial charge < -0.3 is 10.4 Å². The number of carbonyl (C=O) groups excluding carboxylic acids is 1. The molecule has 1 rings (SSSR count). The number of hydrogen-bond donors (Lipinski definition) is 2. The average molecular weight is 263 g/mol. The highest BCUT2D eigenvalue weighted by molar-refractivity contribution is 5.78. The Morgan fingerprint density at radius 1 is 1.44 bits per heavy atom. The predicted molar refractivity (Wildman–Crippen MR) is 65.4 cm³/mol. The van der Waals surface area contributed by atoms with Gasteiger partial charge in [0.25, 0.3) is 0 Å². The van der Waals surface area contributed by atoms with Crippen LogP contribution in [0.1, 0.15) is 52.4 Å². The number of aliphatic hydroxyl groups is 1. The van der Waals surface area contributed by atoms with Crippen LogP contribution in [0, 0.1) is 5.92 Å². The van der Waals surface area contributed by atoms with E-state index in [1.54, 1.807) is 0 Å². The van der Waals surface area contributed by atoms with E-state index in [2.05, 4.69) is 5.32 Å². The van der Waals surface area contributed by atoms with Crippen molar-refractivity contribution in [1.29, 1.82) is 0 Å². The lowest BCUT2D eigenvalue weighted by atomic mass is 9.85. The lowest BCUT2D eigenvalue weighted by Gasteiger charge is -2.30. The van der Waals surface area contributed by atoms with E-state index in [9.17, 15) is 18.7 Å². The molecule has 0 spiro atoms. The summed E-state index contributed by atoms with van der Waals surface area (Å²) in [5, 5.41) is 12.6. The van der Waals surface area contributed by atoms with Crippen LogP contribution in [-0.4, -0.2) is 29.1 Å². The highest BCUT2D eigenvalue weighted by atomic mass is 19.3. The SMILES string of the molecule is CCC(O)(CC)CNC(=O)C1CCCC(F)(F)C1. The summed E-state index contributed by atoms with van der Waals surface area (Å²) in [5.74, 6) is -3.69. The van der Waals surface area contributed by atoms with Crippen LogP contribution in [0.4, 0.5) is 8.78 Å². The maximum absolute atomic E-state index is 13.2. The molecule has 0 aromatic heterocycles. The Balaban J connectivity index is 2.46. The van der Waals surface area contributed by atoms with Crippen molar-refractivity contribution >= 4 is 5.91 Å². The van der Waals surface area contributed by atoms with Crippen molar-refractivity contribution in [2.75, 3.05) is 6.54 Å². The third-order valence-corrected chi connectivity index (χ3v) is 3.92. The molecule has 1 atom stereocenters. The first-order chi connectivity index (χ1) is 8.32. The molecule has 1 amide bonds. The molecule has 3 nitrogen and oxygen atoms in total. The topological polar surface area (TPSA) is 49.3 Å². The van der Waals surface area contributed by atoms with Gasteiger partial charge in [0.05, 0.1) is 5.60 Å². The molecule has 1 unspecified atom stereocenters. The zero-order valence-electron chi connectivity index (χ0n) is 11.1. The van der Waals surface area contributed by atoms with Crippen molar-refractivity contribution in [1.82, 2.24) is 5.32 Å². The molecule has 18 heavy (non-hydrogen) atoms. The lowest BCUT2D eigenvalue weighted by Crippen LogP contribution is -2.45. The lowest BCUT2D eigenvalue weighted by molar-refractivity contribution is -0.133. The normalized spacial score (nSPS) is 23.7. The van der Waals surface area contributed by atoms with Crippen LogP contribution < -0.4 is 5.32 Å². The second-order valence-corrected chi connectivity index (χ2v) is 5.30. The summed E-state index contributed by atoms with van der Waals surface area (Å²) in [6.45, 7) is 3.82. The third kappa shape index (κ3) is 4.19. The van der Waals surface area contributed by atoms with Gasteiger partial charge in [-0.25, -0.2) is 8.78 Å². The number of rotatable bonds is 5. The Morgan fingerprint density at radius 2 is 2.06 bits per heavy atom. The Morgan fingerprint density at radius 3 is 2.56 bits per heavy atom. The minimum Gasteiger partial charge on any atom is -0.388 e. The second kappa shape index (κ2) is 5.95. The monoisotopic (exact) mass is 263 g/mol. The minimum atomic E-state index is -2.72. The fourth-order valence-corrected chi connectivity index (χ4v) is 2.29. The first kappa shape index (κ1) is 15.3. The van der Waals surface area contributed by atoms with E-state index < -0.39 is 17.4 Å². The molecule has 1 aliphatic rings. The van der Waals surface area contributed by atoms with Crippen LogP contribution in [-0.2, 0) is 4.79 Å². The van der Waals surface area contributed by atoms with Crippen molar-refractivity contribution < 1.29 is 18.7 Å². The van der Waals surface area contributed by atoms with Crippen molar-refractivity contribution in [3.8, 4) is 0 Å². The van der Waals surface area contributed by atoms with Gasteiger partial charge in [0.15, 0.2) is 0 Å². The minimum absolute atomic E-state index is 0.120. The molecule has 0 radical (unpaired) electrons. The van der Waals surface area contributed by atoms with Crippen molar-refractivity contribution in [3.05, 3.63) is 0 Å². The van der Waals surface area contributed by atoms with E-state index in [-0.39, 0.29) is 25.3 Å². The van der Waals surface area contributed by atoms with Gasteiger partial charge >= 0.3 is 0 Å². The molecule has 0 bridgehead atoms. The van der Waals surface area contributed by atoms with E-state index in [0.29, 0.717) is 25.7 Å². The summed E-state index contributed by atoms with van der Waals surface area (Å²) in [4.78, 5) is 11.8. The second-order valence-electron chi connectivity index (χ2n) is 5.30. The average Bonchev–Trinajstić information content (AvgIpc) is 2.34. The molecule has 2 N–H and O–H groups in total. The van der Waals surface area contributed by atoms with Crippen molar-refractivity contribution in [3.63, 3.8) is 0 Å². The molecule has 5 heteroatoms. The first-order valence-corrected chi connectivity index (χ1v) is 6.70. The number of nitrogens with one attached hydrogen (secondary N) is 1. The summed E-state index contributed by atoms with van der Waals surface area (Å²) in [7, 11) is 0. The van der Waals surface area contributed by atoms with Crippen molar-refractivity contribution in [2.45, 2.75) is 63.9 Å². The van der Waals surface area contributed by atoms with Gasteiger partial charge in [0.1, 0.15) is 0 Å². The quantitative estimate of drug-likeness (QED) is 0.800. The maximum atomic E-state index is 13.2. The molecule has 0 aromatic carbocycles. The zero-order chi connectivity index (χ0) is 13.8. The highest BCUT2D eigenvalue weighted by Gasteiger charge is 2.39. The highest BCUT2D eigenvalue weighted by Crippen LogP contribution is 2.36. The number of halogens is 2. The summed E-state index contributed by atoms with van der Waals surface area (Å²) in [5.41, 5.74) is -0.924. The van der Waals surface area contributed by atoms with Gasteiger partial charge in [-0.15, -0.1) is 0 Å². The zero-order valence-corrected chi connectivity index (χ0v) is 11.1. The van der Waals surface area contributed by atoms with Crippen LogP contribution in [0.3, 0.4) is 0 Å². The Hall–Kier alpha value is -0.710. The molecule has 0 saturated heterocycles. The Kier molecular flexibility index (Phi) is 5.08. The fraction of sp³-hybridized carbons (Fsp3) is 0.923. The number of alkyl halides is 2. The smallest absolute Gasteiger partial charge is 0.248 e. The van der Waals surface area contributed by atoms with Crippen molar-refractivity contribution in [2.24, 2.45) is 5.92 Å².